The number of rotatable bonds is 6. The van der Waals surface area contributed by atoms with E-state index in [1.165, 1.54) is 18.2 Å². The van der Waals surface area contributed by atoms with Crippen molar-refractivity contribution in [2.24, 2.45) is 0 Å². The summed E-state index contributed by atoms with van der Waals surface area (Å²) >= 11 is 0. The van der Waals surface area contributed by atoms with Crippen LogP contribution in [0.4, 0.5) is 15.8 Å². The number of nitrogens with one attached hydrogen (secondary N) is 1. The van der Waals surface area contributed by atoms with Crippen molar-refractivity contribution in [3.8, 4) is 0 Å². The van der Waals surface area contributed by atoms with Crippen molar-refractivity contribution in [1.29, 1.82) is 0 Å². The molecule has 1 amide bonds. The first-order valence-electron chi connectivity index (χ1n) is 6.95. The van der Waals surface area contributed by atoms with Crippen LogP contribution in [0, 0.1) is 5.82 Å². The summed E-state index contributed by atoms with van der Waals surface area (Å²) in [5.74, 6) is 0.211. The molecule has 2 rings (SSSR count). The lowest BCUT2D eigenvalue weighted by Gasteiger charge is -2.09. The maximum absolute atomic E-state index is 13.5. The molecule has 0 aliphatic heterocycles. The first-order chi connectivity index (χ1) is 10.1. The molecule has 1 aromatic heterocycles. The number of anilines is 2. The molecule has 0 unspecified atom stereocenters. The van der Waals surface area contributed by atoms with Gasteiger partial charge in [-0.1, -0.05) is 6.92 Å². The maximum Gasteiger partial charge on any atom is 0.226 e. The van der Waals surface area contributed by atoms with Gasteiger partial charge in [-0.3, -0.25) is 4.79 Å². The third-order valence-electron chi connectivity index (χ3n) is 3.12. The molecule has 1 aromatic carbocycles. The molecule has 0 fully saturated rings. The number of hydrogen-bond donors (Lipinski definition) is 2. The van der Waals surface area contributed by atoms with Gasteiger partial charge in [-0.15, -0.1) is 0 Å². The fourth-order valence-electron chi connectivity index (χ4n) is 2.07. The first kappa shape index (κ1) is 15.0. The second kappa shape index (κ2) is 6.88. The maximum atomic E-state index is 13.5. The summed E-state index contributed by atoms with van der Waals surface area (Å²) in [4.78, 5) is 16.1. The molecule has 3 N–H and O–H groups in total. The quantitative estimate of drug-likeness (QED) is 0.803. The Bertz CT molecular complexity index is 624. The van der Waals surface area contributed by atoms with E-state index in [1.807, 2.05) is 10.8 Å². The van der Waals surface area contributed by atoms with E-state index in [0.29, 0.717) is 12.2 Å². The van der Waals surface area contributed by atoms with E-state index >= 15 is 0 Å². The van der Waals surface area contributed by atoms with Crippen LogP contribution in [0.25, 0.3) is 0 Å². The molecule has 1 heterocycles. The summed E-state index contributed by atoms with van der Waals surface area (Å²) in [6.45, 7) is 2.60. The van der Waals surface area contributed by atoms with Gasteiger partial charge in [-0.2, -0.15) is 0 Å². The molecule has 21 heavy (non-hydrogen) atoms. The first-order valence-corrected chi connectivity index (χ1v) is 6.95. The largest absolute Gasteiger partial charge is 0.399 e. The van der Waals surface area contributed by atoms with E-state index in [4.69, 9.17) is 5.73 Å². The van der Waals surface area contributed by atoms with Crippen LogP contribution < -0.4 is 11.1 Å². The van der Waals surface area contributed by atoms with Crippen LogP contribution in [0.1, 0.15) is 25.6 Å². The fraction of sp³-hybridized carbons (Fsp3) is 0.333. The molecule has 0 aliphatic rings. The van der Waals surface area contributed by atoms with Gasteiger partial charge in [0.1, 0.15) is 11.6 Å². The summed E-state index contributed by atoms with van der Waals surface area (Å²) < 4.78 is 15.5. The Hall–Kier alpha value is -2.37. The number of hydrogen-bond acceptors (Lipinski definition) is 3. The van der Waals surface area contributed by atoms with E-state index < -0.39 is 5.82 Å². The molecule has 5 nitrogen and oxygen atoms in total. The number of benzene rings is 1. The lowest BCUT2D eigenvalue weighted by molar-refractivity contribution is -0.116. The van der Waals surface area contributed by atoms with Crippen molar-refractivity contribution < 1.29 is 9.18 Å². The molecule has 112 valence electrons. The summed E-state index contributed by atoms with van der Waals surface area (Å²) in [7, 11) is 0. The molecule has 0 spiro atoms. The molecule has 6 heteroatoms. The lowest BCUT2D eigenvalue weighted by atomic mass is 10.2. The average molecular weight is 290 g/mol. The predicted octanol–water partition coefficient (Wildman–Crippen LogP) is 2.59. The van der Waals surface area contributed by atoms with E-state index in [-0.39, 0.29) is 18.0 Å². The number of nitrogens with two attached hydrogens (primary N) is 1. The number of amides is 1. The van der Waals surface area contributed by atoms with Crippen molar-refractivity contribution >= 4 is 17.3 Å². The second-order valence-corrected chi connectivity index (χ2v) is 4.82. The molecular weight excluding hydrogens is 271 g/mol. The van der Waals surface area contributed by atoms with Crippen molar-refractivity contribution in [1.82, 2.24) is 9.55 Å². The fourth-order valence-corrected chi connectivity index (χ4v) is 2.07. The van der Waals surface area contributed by atoms with Gasteiger partial charge in [-0.05, 0) is 24.6 Å². The zero-order valence-electron chi connectivity index (χ0n) is 12.0. The van der Waals surface area contributed by atoms with Gasteiger partial charge in [0, 0.05) is 37.5 Å². The Labute approximate surface area is 123 Å². The van der Waals surface area contributed by atoms with Gasteiger partial charge in [0.25, 0.3) is 0 Å². The third-order valence-corrected chi connectivity index (χ3v) is 3.12. The molecule has 2 aromatic rings. The van der Waals surface area contributed by atoms with Crippen molar-refractivity contribution in [2.45, 2.75) is 32.7 Å². The van der Waals surface area contributed by atoms with Gasteiger partial charge in [0.2, 0.25) is 5.91 Å². The Balaban J connectivity index is 1.93. The highest BCUT2D eigenvalue weighted by Crippen LogP contribution is 2.17. The molecule has 0 saturated carbocycles. The normalized spacial score (nSPS) is 10.6. The number of nitrogens with zero attached hydrogens (tertiary/aromatic N) is 2. The van der Waals surface area contributed by atoms with E-state index in [9.17, 15) is 9.18 Å². The standard InChI is InChI=1S/C15H19FN4O/c1-2-3-14-18-7-9-20(14)8-6-15(21)19-13-10-11(17)4-5-12(13)16/h4-5,7,9-10H,2-3,6,8,17H2,1H3,(H,19,21). The Morgan fingerprint density at radius 3 is 3.05 bits per heavy atom. The monoisotopic (exact) mass is 290 g/mol. The third kappa shape index (κ3) is 4.05. The molecule has 0 atom stereocenters. The predicted molar refractivity (Wildman–Crippen MR) is 80.3 cm³/mol. The summed E-state index contributed by atoms with van der Waals surface area (Å²) in [5, 5.41) is 2.54. The number of carbonyl (C=O) groups excluding carboxylic acids is 1. The molecule has 0 radical (unpaired) electrons. The van der Waals surface area contributed by atoms with E-state index in [2.05, 4.69) is 17.2 Å². The Kier molecular flexibility index (Phi) is 4.92. The van der Waals surface area contributed by atoms with Gasteiger partial charge < -0.3 is 15.6 Å². The summed E-state index contributed by atoms with van der Waals surface area (Å²) in [6.07, 6.45) is 5.69. The van der Waals surface area contributed by atoms with Crippen LogP contribution in [-0.4, -0.2) is 15.5 Å². The number of halogens is 1. The minimum Gasteiger partial charge on any atom is -0.399 e. The number of aromatic nitrogens is 2. The van der Waals surface area contributed by atoms with Crippen LogP contribution in [0.3, 0.4) is 0 Å². The minimum absolute atomic E-state index is 0.111. The molecule has 0 aliphatic carbocycles. The minimum atomic E-state index is -0.494. The average Bonchev–Trinajstić information content (AvgIpc) is 2.88. The number of aryl methyl sites for hydroxylation is 2. The number of nitrogen functional groups attached to an aromatic ring is 1. The van der Waals surface area contributed by atoms with Crippen LogP contribution >= 0.6 is 0 Å². The highest BCUT2D eigenvalue weighted by Gasteiger charge is 2.09. The van der Waals surface area contributed by atoms with Gasteiger partial charge in [0.05, 0.1) is 5.69 Å². The van der Waals surface area contributed by atoms with E-state index in [0.717, 1.165) is 18.7 Å². The van der Waals surface area contributed by atoms with E-state index in [1.54, 1.807) is 6.20 Å². The zero-order chi connectivity index (χ0) is 15.2. The Morgan fingerprint density at radius 1 is 1.48 bits per heavy atom. The summed E-state index contributed by atoms with van der Waals surface area (Å²) in [6, 6.07) is 4.10. The van der Waals surface area contributed by atoms with Crippen LogP contribution in [0.5, 0.6) is 0 Å². The SMILES string of the molecule is CCCc1nccn1CCC(=O)Nc1cc(N)ccc1F. The van der Waals surface area contributed by atoms with Crippen LogP contribution in [-0.2, 0) is 17.8 Å². The van der Waals surface area contributed by atoms with Crippen molar-refractivity contribution in [2.75, 3.05) is 11.1 Å². The molecule has 0 bridgehead atoms. The molecular formula is C15H19FN4O. The van der Waals surface area contributed by atoms with Gasteiger partial charge in [0.15, 0.2) is 0 Å². The number of imidazole rings is 1. The van der Waals surface area contributed by atoms with Gasteiger partial charge in [-0.25, -0.2) is 9.37 Å². The van der Waals surface area contributed by atoms with Crippen LogP contribution in [0.15, 0.2) is 30.6 Å². The smallest absolute Gasteiger partial charge is 0.226 e. The van der Waals surface area contributed by atoms with Gasteiger partial charge >= 0.3 is 0 Å². The number of carbonyl (C=O) groups is 1. The summed E-state index contributed by atoms with van der Waals surface area (Å²) in [5.41, 5.74) is 6.10. The second-order valence-electron chi connectivity index (χ2n) is 4.82. The van der Waals surface area contributed by atoms with Crippen LogP contribution in [0.2, 0.25) is 0 Å². The Morgan fingerprint density at radius 2 is 2.29 bits per heavy atom. The van der Waals surface area contributed by atoms with Crippen molar-refractivity contribution in [3.05, 3.63) is 42.2 Å². The van der Waals surface area contributed by atoms with Crippen molar-refractivity contribution in [3.63, 3.8) is 0 Å². The topological polar surface area (TPSA) is 72.9 Å². The highest BCUT2D eigenvalue weighted by atomic mass is 19.1. The molecule has 0 saturated heterocycles. The zero-order valence-corrected chi connectivity index (χ0v) is 12.0. The lowest BCUT2D eigenvalue weighted by Crippen LogP contribution is -2.16. The highest BCUT2D eigenvalue weighted by molar-refractivity contribution is 5.91.